The SMILES string of the molecule is NCC1(c2c(Cl)cnc3[nH]ccc23)CC1. The molecule has 3 rings (SSSR count). The van der Waals surface area contributed by atoms with Gasteiger partial charge >= 0.3 is 0 Å². The molecule has 0 aliphatic heterocycles. The van der Waals surface area contributed by atoms with E-state index in [0.717, 1.165) is 28.9 Å². The highest BCUT2D eigenvalue weighted by molar-refractivity contribution is 6.32. The van der Waals surface area contributed by atoms with Gasteiger partial charge in [0.2, 0.25) is 0 Å². The summed E-state index contributed by atoms with van der Waals surface area (Å²) in [7, 11) is 0. The van der Waals surface area contributed by atoms with Crippen LogP contribution < -0.4 is 5.73 Å². The second kappa shape index (κ2) is 2.97. The third-order valence-electron chi connectivity index (χ3n) is 3.31. The summed E-state index contributed by atoms with van der Waals surface area (Å²) in [5.74, 6) is 0. The lowest BCUT2D eigenvalue weighted by atomic mass is 9.94. The third-order valence-corrected chi connectivity index (χ3v) is 3.60. The monoisotopic (exact) mass is 221 g/mol. The molecule has 4 heteroatoms. The molecule has 0 spiro atoms. The lowest BCUT2D eigenvalue weighted by Gasteiger charge is -2.15. The predicted octanol–water partition coefficient (Wildman–Crippen LogP) is 2.21. The van der Waals surface area contributed by atoms with Crippen molar-refractivity contribution in [2.75, 3.05) is 6.54 Å². The molecule has 0 atom stereocenters. The molecule has 1 aliphatic rings. The van der Waals surface area contributed by atoms with Crippen LogP contribution in [0.15, 0.2) is 18.5 Å². The Morgan fingerprint density at radius 2 is 2.33 bits per heavy atom. The largest absolute Gasteiger partial charge is 0.346 e. The molecule has 0 unspecified atom stereocenters. The fraction of sp³-hybridized carbons (Fsp3) is 0.364. The Bertz CT molecular complexity index is 514. The smallest absolute Gasteiger partial charge is 0.137 e. The zero-order chi connectivity index (χ0) is 10.5. The Kier molecular flexibility index (Phi) is 1.82. The molecule has 2 heterocycles. The number of nitrogens with zero attached hydrogens (tertiary/aromatic N) is 1. The van der Waals surface area contributed by atoms with E-state index in [1.165, 1.54) is 5.56 Å². The highest BCUT2D eigenvalue weighted by Gasteiger charge is 2.45. The fourth-order valence-electron chi connectivity index (χ4n) is 2.23. The Balaban J connectivity index is 2.32. The van der Waals surface area contributed by atoms with Gasteiger partial charge in [-0.05, 0) is 24.5 Å². The molecule has 1 aliphatic carbocycles. The van der Waals surface area contributed by atoms with Gasteiger partial charge in [0.25, 0.3) is 0 Å². The quantitative estimate of drug-likeness (QED) is 0.817. The highest BCUT2D eigenvalue weighted by atomic mass is 35.5. The van der Waals surface area contributed by atoms with Gasteiger partial charge in [0.05, 0.1) is 5.02 Å². The molecule has 0 amide bonds. The van der Waals surface area contributed by atoms with Crippen molar-refractivity contribution in [3.63, 3.8) is 0 Å². The van der Waals surface area contributed by atoms with Gasteiger partial charge < -0.3 is 10.7 Å². The Morgan fingerprint density at radius 1 is 1.53 bits per heavy atom. The number of aromatic amines is 1. The molecule has 78 valence electrons. The van der Waals surface area contributed by atoms with Gasteiger partial charge in [-0.2, -0.15) is 0 Å². The topological polar surface area (TPSA) is 54.7 Å². The van der Waals surface area contributed by atoms with Gasteiger partial charge in [0.1, 0.15) is 5.65 Å². The number of fused-ring (bicyclic) bond motifs is 1. The van der Waals surface area contributed by atoms with Crippen LogP contribution in [-0.2, 0) is 5.41 Å². The molecule has 3 N–H and O–H groups in total. The average molecular weight is 222 g/mol. The summed E-state index contributed by atoms with van der Waals surface area (Å²) < 4.78 is 0. The van der Waals surface area contributed by atoms with Crippen LogP contribution >= 0.6 is 11.6 Å². The molecule has 1 saturated carbocycles. The molecule has 2 aromatic heterocycles. The molecule has 15 heavy (non-hydrogen) atoms. The second-order valence-corrected chi connectivity index (χ2v) is 4.61. The summed E-state index contributed by atoms with van der Waals surface area (Å²) in [4.78, 5) is 7.35. The van der Waals surface area contributed by atoms with Crippen molar-refractivity contribution in [1.82, 2.24) is 9.97 Å². The van der Waals surface area contributed by atoms with Crippen LogP contribution in [0.3, 0.4) is 0 Å². The minimum atomic E-state index is 0.112. The summed E-state index contributed by atoms with van der Waals surface area (Å²) in [5.41, 5.74) is 8.03. The van der Waals surface area contributed by atoms with Crippen molar-refractivity contribution in [2.24, 2.45) is 5.73 Å². The van der Waals surface area contributed by atoms with E-state index < -0.39 is 0 Å². The van der Waals surface area contributed by atoms with Crippen molar-refractivity contribution >= 4 is 22.6 Å². The number of pyridine rings is 1. The van der Waals surface area contributed by atoms with Gasteiger partial charge in [-0.3, -0.25) is 0 Å². The van der Waals surface area contributed by atoms with Crippen molar-refractivity contribution in [1.29, 1.82) is 0 Å². The van der Waals surface area contributed by atoms with E-state index in [1.54, 1.807) is 6.20 Å². The van der Waals surface area contributed by atoms with E-state index in [9.17, 15) is 0 Å². The first-order valence-electron chi connectivity index (χ1n) is 5.09. The molecule has 3 nitrogen and oxygen atoms in total. The number of hydrogen-bond donors (Lipinski definition) is 2. The van der Waals surface area contributed by atoms with Crippen LogP contribution in [0.4, 0.5) is 0 Å². The van der Waals surface area contributed by atoms with Crippen molar-refractivity contribution in [2.45, 2.75) is 18.3 Å². The summed E-state index contributed by atoms with van der Waals surface area (Å²) >= 11 is 6.23. The van der Waals surface area contributed by atoms with Crippen molar-refractivity contribution < 1.29 is 0 Å². The maximum atomic E-state index is 6.23. The molecule has 0 saturated heterocycles. The number of hydrogen-bond acceptors (Lipinski definition) is 2. The van der Waals surface area contributed by atoms with Crippen molar-refractivity contribution in [3.05, 3.63) is 29.0 Å². The summed E-state index contributed by atoms with van der Waals surface area (Å²) in [6, 6.07) is 2.03. The van der Waals surface area contributed by atoms with Crippen LogP contribution in [0.2, 0.25) is 5.02 Å². The fourth-order valence-corrected chi connectivity index (χ4v) is 2.58. The normalized spacial score (nSPS) is 18.3. The maximum absolute atomic E-state index is 6.23. The molecule has 0 bridgehead atoms. The number of H-pyrrole nitrogens is 1. The molecule has 1 fully saturated rings. The van der Waals surface area contributed by atoms with Crippen LogP contribution in [0.25, 0.3) is 11.0 Å². The first-order valence-corrected chi connectivity index (χ1v) is 5.47. The van der Waals surface area contributed by atoms with Crippen LogP contribution in [0, 0.1) is 0 Å². The summed E-state index contributed by atoms with van der Waals surface area (Å²) in [6.07, 6.45) is 5.87. The molecular formula is C11H12ClN3. The van der Waals surface area contributed by atoms with Crippen molar-refractivity contribution in [3.8, 4) is 0 Å². The van der Waals surface area contributed by atoms with Crippen LogP contribution in [0.5, 0.6) is 0 Å². The Labute approximate surface area is 92.6 Å². The zero-order valence-electron chi connectivity index (χ0n) is 8.26. The lowest BCUT2D eigenvalue weighted by Crippen LogP contribution is -2.20. The predicted molar refractivity (Wildman–Crippen MR) is 61.1 cm³/mol. The first kappa shape index (κ1) is 9.19. The summed E-state index contributed by atoms with van der Waals surface area (Å²) in [6.45, 7) is 0.664. The first-order chi connectivity index (χ1) is 7.27. The van der Waals surface area contributed by atoms with E-state index in [0.29, 0.717) is 6.54 Å². The van der Waals surface area contributed by atoms with Gasteiger partial charge in [-0.25, -0.2) is 4.98 Å². The van der Waals surface area contributed by atoms with E-state index >= 15 is 0 Å². The van der Waals surface area contributed by atoms with Crippen LogP contribution in [-0.4, -0.2) is 16.5 Å². The number of nitrogens with two attached hydrogens (primary N) is 1. The number of rotatable bonds is 2. The zero-order valence-corrected chi connectivity index (χ0v) is 9.01. The van der Waals surface area contributed by atoms with E-state index in [2.05, 4.69) is 9.97 Å². The van der Waals surface area contributed by atoms with Crippen LogP contribution in [0.1, 0.15) is 18.4 Å². The lowest BCUT2D eigenvalue weighted by molar-refractivity contribution is 0.710. The molecule has 2 aromatic rings. The molecule has 0 aromatic carbocycles. The number of aromatic nitrogens is 2. The van der Waals surface area contributed by atoms with E-state index in [4.69, 9.17) is 17.3 Å². The Morgan fingerprint density at radius 3 is 3.00 bits per heavy atom. The standard InChI is InChI=1S/C11H12ClN3/c12-8-5-15-10-7(1-4-14-10)9(8)11(6-13)2-3-11/h1,4-5H,2-3,6,13H2,(H,14,15). The minimum Gasteiger partial charge on any atom is -0.346 e. The van der Waals surface area contributed by atoms with Gasteiger partial charge in [0.15, 0.2) is 0 Å². The van der Waals surface area contributed by atoms with Gasteiger partial charge in [0, 0.05) is 29.7 Å². The maximum Gasteiger partial charge on any atom is 0.137 e. The number of halogens is 1. The summed E-state index contributed by atoms with van der Waals surface area (Å²) in [5, 5.41) is 1.86. The third kappa shape index (κ3) is 1.20. The molecule has 0 radical (unpaired) electrons. The van der Waals surface area contributed by atoms with E-state index in [-0.39, 0.29) is 5.41 Å². The average Bonchev–Trinajstić information content (AvgIpc) is 2.88. The van der Waals surface area contributed by atoms with Gasteiger partial charge in [-0.15, -0.1) is 0 Å². The minimum absolute atomic E-state index is 0.112. The number of nitrogens with one attached hydrogen (secondary N) is 1. The second-order valence-electron chi connectivity index (χ2n) is 4.21. The van der Waals surface area contributed by atoms with Gasteiger partial charge in [-0.1, -0.05) is 11.6 Å². The van der Waals surface area contributed by atoms with E-state index in [1.807, 2.05) is 12.3 Å². The molecular weight excluding hydrogens is 210 g/mol. The highest BCUT2D eigenvalue weighted by Crippen LogP contribution is 2.51. The Hall–Kier alpha value is -1.06.